The summed E-state index contributed by atoms with van der Waals surface area (Å²) in [5.41, 5.74) is 9.95. The molecule has 6 rings (SSSR count). The van der Waals surface area contributed by atoms with Crippen molar-refractivity contribution in [3.63, 3.8) is 0 Å². The number of carbonyl (C=O) groups is 8. The molecule has 19 nitrogen and oxygen atoms in total. The molecule has 0 unspecified atom stereocenters. The molecule has 0 saturated carbocycles. The van der Waals surface area contributed by atoms with Crippen LogP contribution in [0.25, 0.3) is 0 Å². The van der Waals surface area contributed by atoms with Crippen LogP contribution in [0, 0.1) is 0 Å². The van der Waals surface area contributed by atoms with E-state index in [0.29, 0.717) is 76.8 Å². The van der Waals surface area contributed by atoms with Gasteiger partial charge >= 0.3 is 0 Å². The maximum absolute atomic E-state index is 13.4. The zero-order valence-electron chi connectivity index (χ0n) is 43.3. The number of carbonyl (C=O) groups excluding carboxylic acids is 8. The van der Waals surface area contributed by atoms with Crippen molar-refractivity contribution >= 4 is 46.3 Å². The smallest absolute Gasteiger partial charge is 0.202 e. The first-order chi connectivity index (χ1) is 34.8. The molecule has 6 aromatic rings. The molecule has 0 atom stereocenters. The number of aryl methyl sites for hydroxylation is 6. The fourth-order valence-corrected chi connectivity index (χ4v) is 9.19. The third-order valence-electron chi connectivity index (χ3n) is 13.0. The second-order valence-electron chi connectivity index (χ2n) is 19.3. The molecular formula is C54H69N11O8. The molecule has 388 valence electrons. The van der Waals surface area contributed by atoms with E-state index in [-0.39, 0.29) is 116 Å². The highest BCUT2D eigenvalue weighted by Crippen LogP contribution is 2.19. The normalized spacial score (nSPS) is 11.5. The van der Waals surface area contributed by atoms with Crippen molar-refractivity contribution in [1.29, 1.82) is 0 Å². The summed E-state index contributed by atoms with van der Waals surface area (Å²) in [5.74, 6) is -0.436. The van der Waals surface area contributed by atoms with Crippen LogP contribution in [-0.4, -0.2) is 120 Å². The molecule has 0 spiro atoms. The van der Waals surface area contributed by atoms with Crippen LogP contribution in [0.4, 0.5) is 0 Å². The van der Waals surface area contributed by atoms with Crippen molar-refractivity contribution in [1.82, 2.24) is 47.3 Å². The molecule has 0 aromatic carbocycles. The fraction of sp³-hybridized carbons (Fsp3) is 0.463. The van der Waals surface area contributed by atoms with Crippen LogP contribution in [0.15, 0.2) is 61.6 Å². The molecule has 19 heteroatoms. The summed E-state index contributed by atoms with van der Waals surface area (Å²) in [6, 6.07) is 5.14. The van der Waals surface area contributed by atoms with Gasteiger partial charge in [0.1, 0.15) is 11.6 Å². The Balaban J connectivity index is 0.902. The molecule has 0 radical (unpaired) electrons. The van der Waals surface area contributed by atoms with E-state index in [0.717, 1.165) is 32.4 Å². The van der Waals surface area contributed by atoms with E-state index in [4.69, 9.17) is 5.73 Å². The predicted octanol–water partition coefficient (Wildman–Crippen LogP) is 5.14. The van der Waals surface area contributed by atoms with E-state index in [2.05, 4.69) is 26.9 Å². The third kappa shape index (κ3) is 15.1. The number of imidazole rings is 3. The van der Waals surface area contributed by atoms with Gasteiger partial charge in [-0.3, -0.25) is 38.4 Å². The minimum absolute atomic E-state index is 0.00470. The summed E-state index contributed by atoms with van der Waals surface area (Å²) in [7, 11) is 12.5. The van der Waals surface area contributed by atoms with E-state index >= 15 is 0 Å². The highest BCUT2D eigenvalue weighted by atomic mass is 16.2. The van der Waals surface area contributed by atoms with Crippen molar-refractivity contribution < 1.29 is 38.4 Å². The van der Waals surface area contributed by atoms with Crippen molar-refractivity contribution in [3.8, 4) is 0 Å². The lowest BCUT2D eigenvalue weighted by Crippen LogP contribution is -2.23. The molecule has 0 fully saturated rings. The number of hydrogen-bond acceptors (Lipinski definition) is 13. The van der Waals surface area contributed by atoms with E-state index < -0.39 is 0 Å². The standard InChI is InChI=1S/C54H69N11O8/c1-59(21-12-18-55)20-9-8-15-46(68)43-24-37(32-61(43)3)27-50(72)53-57-39(34-64(53)6)29-42(67)14-11-17-48(70)45-25-38(33-63(45)5)28-51(73)54-58-40(35-65(54)7)30-41(66)13-10-16-47(69)44-23-36(31-62(44)4)26-49(71)52-56-19-22-60(52)2/h19,22-25,31-35H,8-18,20-21,26-30,55H2,1-7H3. The lowest BCUT2D eigenvalue weighted by molar-refractivity contribution is -0.119. The van der Waals surface area contributed by atoms with Gasteiger partial charge in [0.25, 0.3) is 0 Å². The van der Waals surface area contributed by atoms with Crippen LogP contribution in [0.1, 0.15) is 156 Å². The van der Waals surface area contributed by atoms with Gasteiger partial charge in [0.2, 0.25) is 17.3 Å². The molecule has 73 heavy (non-hydrogen) atoms. The Bertz CT molecular complexity index is 2990. The third-order valence-corrected chi connectivity index (χ3v) is 13.0. The first kappa shape index (κ1) is 55.1. The molecule has 0 aliphatic rings. The monoisotopic (exact) mass is 1000 g/mol. The summed E-state index contributed by atoms with van der Waals surface area (Å²) in [6.07, 6.45) is 16.2. The number of ketones is 8. The zero-order chi connectivity index (χ0) is 52.9. The molecule has 2 N–H and O–H groups in total. The topological polar surface area (TPSA) is 234 Å². The largest absolute Gasteiger partial charge is 0.348 e. The van der Waals surface area contributed by atoms with Gasteiger partial charge in [0, 0.05) is 137 Å². The number of unbranched alkanes of at least 4 members (excludes halogenated alkanes) is 1. The van der Waals surface area contributed by atoms with Crippen LogP contribution < -0.4 is 5.73 Å². The predicted molar refractivity (Wildman–Crippen MR) is 273 cm³/mol. The van der Waals surface area contributed by atoms with Gasteiger partial charge in [-0.1, -0.05) is 0 Å². The first-order valence-corrected chi connectivity index (χ1v) is 24.9. The first-order valence-electron chi connectivity index (χ1n) is 24.9. The molecule has 0 aliphatic carbocycles. The minimum Gasteiger partial charge on any atom is -0.348 e. The number of nitrogens with two attached hydrogens (primary N) is 1. The summed E-state index contributed by atoms with van der Waals surface area (Å²) >= 11 is 0. The fourth-order valence-electron chi connectivity index (χ4n) is 9.19. The Morgan fingerprint density at radius 1 is 0.452 bits per heavy atom. The lowest BCUT2D eigenvalue weighted by Gasteiger charge is -2.15. The Morgan fingerprint density at radius 2 is 0.849 bits per heavy atom. The number of hydrogen-bond donors (Lipinski definition) is 1. The molecule has 6 heterocycles. The number of rotatable bonds is 32. The molecule has 6 aromatic heterocycles. The van der Waals surface area contributed by atoms with E-state index in [1.54, 1.807) is 131 Å². The quantitative estimate of drug-likeness (QED) is 0.0426. The van der Waals surface area contributed by atoms with E-state index in [9.17, 15) is 38.4 Å². The van der Waals surface area contributed by atoms with Crippen LogP contribution in [0.2, 0.25) is 0 Å². The highest BCUT2D eigenvalue weighted by Gasteiger charge is 2.23. The Kier molecular flexibility index (Phi) is 19.2. The Hall–Kier alpha value is -7.25. The second-order valence-corrected chi connectivity index (χ2v) is 19.3. The molecular weight excluding hydrogens is 931 g/mol. The average Bonchev–Trinajstić information content (AvgIpc) is 4.20. The van der Waals surface area contributed by atoms with Gasteiger partial charge in [0.05, 0.1) is 41.3 Å². The van der Waals surface area contributed by atoms with Crippen molar-refractivity contribution in [2.45, 2.75) is 96.3 Å². The Morgan fingerprint density at radius 3 is 1.25 bits per heavy atom. The van der Waals surface area contributed by atoms with E-state index in [1.165, 1.54) is 0 Å². The van der Waals surface area contributed by atoms with Crippen LogP contribution in [0.3, 0.4) is 0 Å². The number of aromatic nitrogens is 9. The van der Waals surface area contributed by atoms with Crippen LogP contribution in [-0.2, 0) is 84.0 Å². The van der Waals surface area contributed by atoms with Crippen molar-refractivity contribution in [2.24, 2.45) is 48.0 Å². The second kappa shape index (κ2) is 25.4. The van der Waals surface area contributed by atoms with Crippen LogP contribution in [0.5, 0.6) is 0 Å². The summed E-state index contributed by atoms with van der Waals surface area (Å²) in [4.78, 5) is 120. The minimum atomic E-state index is -0.286. The number of nitrogens with zero attached hydrogens (tertiary/aromatic N) is 10. The van der Waals surface area contributed by atoms with Gasteiger partial charge in [0.15, 0.2) is 34.8 Å². The molecule has 0 aliphatic heterocycles. The number of Topliss-reactive ketones (excluding diaryl/α,β-unsaturated/α-hetero) is 8. The maximum atomic E-state index is 13.4. The van der Waals surface area contributed by atoms with Gasteiger partial charge in [-0.2, -0.15) is 0 Å². The van der Waals surface area contributed by atoms with Crippen molar-refractivity contribution in [3.05, 3.63) is 124 Å². The SMILES string of the molecule is CN(CCCN)CCCCC(=O)c1cc(CC(=O)c2nc(CC(=O)CCCC(=O)c3cc(CC(=O)c4nc(CC(=O)CCCC(=O)c5cc(CC(=O)c6nccn6C)cn5C)cn4C)cn3C)cn2C)cn1C. The summed E-state index contributed by atoms with van der Waals surface area (Å²) in [6.45, 7) is 2.50. The zero-order valence-corrected chi connectivity index (χ0v) is 43.3. The van der Waals surface area contributed by atoms with Gasteiger partial charge < -0.3 is 38.0 Å². The lowest BCUT2D eigenvalue weighted by atomic mass is 10.1. The van der Waals surface area contributed by atoms with E-state index in [1.807, 2.05) is 0 Å². The Labute approximate surface area is 425 Å². The van der Waals surface area contributed by atoms with Crippen molar-refractivity contribution in [2.75, 3.05) is 26.7 Å². The highest BCUT2D eigenvalue weighted by molar-refractivity contribution is 5.99. The summed E-state index contributed by atoms with van der Waals surface area (Å²) in [5, 5.41) is 0. The van der Waals surface area contributed by atoms with Gasteiger partial charge in [-0.15, -0.1) is 0 Å². The molecule has 0 saturated heterocycles. The maximum Gasteiger partial charge on any atom is 0.202 e. The van der Waals surface area contributed by atoms with Crippen LogP contribution >= 0.6 is 0 Å². The van der Waals surface area contributed by atoms with Gasteiger partial charge in [-0.25, -0.2) is 15.0 Å². The molecule has 0 amide bonds. The molecule has 0 bridgehead atoms. The van der Waals surface area contributed by atoms with Gasteiger partial charge in [-0.05, 0) is 93.7 Å². The summed E-state index contributed by atoms with van der Waals surface area (Å²) < 4.78 is 9.95. The average molecular weight is 1000 g/mol.